The van der Waals surface area contributed by atoms with E-state index in [2.05, 4.69) is 46.4 Å². The molecule has 0 aliphatic rings. The van der Waals surface area contributed by atoms with Gasteiger partial charge in [0.15, 0.2) is 0 Å². The van der Waals surface area contributed by atoms with Gasteiger partial charge in [0.2, 0.25) is 0 Å². The Hall–Kier alpha value is -1.87. The Labute approximate surface area is 123 Å². The molecule has 0 spiro atoms. The van der Waals surface area contributed by atoms with Crippen LogP contribution in [-0.4, -0.2) is 9.97 Å². The van der Waals surface area contributed by atoms with Crippen molar-refractivity contribution in [2.24, 2.45) is 0 Å². The summed E-state index contributed by atoms with van der Waals surface area (Å²) >= 11 is 0. The van der Waals surface area contributed by atoms with Crippen molar-refractivity contribution in [2.45, 2.75) is 6.42 Å². The number of hydrogen-bond donors (Lipinski definition) is 1. The fourth-order valence-electron chi connectivity index (χ4n) is 2.01. The number of aromatic amines is 1. The Balaban J connectivity index is 0.00000133. The molecule has 2 aromatic carbocycles. The molecule has 0 saturated heterocycles. The standard InChI is InChI=1S/C16H14N2.BrH/c1-3-7-13(8-4-1)11-15-12-17-16(18-15)14-9-5-2-6-10-14;/h1-10,12H,11H2,(H,17,18);1H. The Morgan fingerprint density at radius 3 is 2.16 bits per heavy atom. The first-order chi connectivity index (χ1) is 8.92. The number of imidazole rings is 1. The van der Waals surface area contributed by atoms with Gasteiger partial charge in [0.05, 0.1) is 0 Å². The lowest BCUT2D eigenvalue weighted by atomic mass is 10.1. The highest BCUT2D eigenvalue weighted by atomic mass is 79.9. The first-order valence-corrected chi connectivity index (χ1v) is 6.05. The van der Waals surface area contributed by atoms with Crippen LogP contribution in [0.25, 0.3) is 11.4 Å². The second-order valence-corrected chi connectivity index (χ2v) is 4.29. The van der Waals surface area contributed by atoms with E-state index in [-0.39, 0.29) is 17.0 Å². The van der Waals surface area contributed by atoms with Crippen molar-refractivity contribution < 1.29 is 0 Å². The number of H-pyrrole nitrogens is 1. The number of halogens is 1. The molecular weight excluding hydrogens is 300 g/mol. The van der Waals surface area contributed by atoms with E-state index in [1.807, 2.05) is 30.5 Å². The lowest BCUT2D eigenvalue weighted by Gasteiger charge is -1.98. The van der Waals surface area contributed by atoms with E-state index < -0.39 is 0 Å². The third-order valence-electron chi connectivity index (χ3n) is 2.91. The summed E-state index contributed by atoms with van der Waals surface area (Å²) in [7, 11) is 0. The maximum Gasteiger partial charge on any atom is 0.137 e. The summed E-state index contributed by atoms with van der Waals surface area (Å²) in [6.07, 6.45) is 2.80. The fraction of sp³-hybridized carbons (Fsp3) is 0.0625. The van der Waals surface area contributed by atoms with Crippen molar-refractivity contribution in [1.29, 1.82) is 0 Å². The molecule has 0 radical (unpaired) electrons. The molecule has 2 nitrogen and oxygen atoms in total. The average molecular weight is 315 g/mol. The molecule has 1 aromatic heterocycles. The highest BCUT2D eigenvalue weighted by Crippen LogP contribution is 2.16. The Kier molecular flexibility index (Phi) is 4.53. The SMILES string of the molecule is Br.c1ccc(Cc2cnc(-c3ccccc3)[nH]2)cc1. The first-order valence-electron chi connectivity index (χ1n) is 6.05. The summed E-state index contributed by atoms with van der Waals surface area (Å²) < 4.78 is 0. The monoisotopic (exact) mass is 314 g/mol. The van der Waals surface area contributed by atoms with E-state index >= 15 is 0 Å². The van der Waals surface area contributed by atoms with Gasteiger partial charge in [0, 0.05) is 23.9 Å². The molecule has 0 aliphatic carbocycles. The van der Waals surface area contributed by atoms with Gasteiger partial charge < -0.3 is 4.98 Å². The van der Waals surface area contributed by atoms with Gasteiger partial charge >= 0.3 is 0 Å². The van der Waals surface area contributed by atoms with Crippen LogP contribution in [-0.2, 0) is 6.42 Å². The lowest BCUT2D eigenvalue weighted by Crippen LogP contribution is -1.87. The van der Waals surface area contributed by atoms with E-state index in [4.69, 9.17) is 0 Å². The first kappa shape index (κ1) is 13.6. The van der Waals surface area contributed by atoms with Crippen molar-refractivity contribution >= 4 is 17.0 Å². The van der Waals surface area contributed by atoms with Crippen LogP contribution in [0.2, 0.25) is 0 Å². The summed E-state index contributed by atoms with van der Waals surface area (Å²) in [6.45, 7) is 0. The smallest absolute Gasteiger partial charge is 0.137 e. The van der Waals surface area contributed by atoms with Crippen molar-refractivity contribution in [2.75, 3.05) is 0 Å². The van der Waals surface area contributed by atoms with Crippen LogP contribution in [0, 0.1) is 0 Å². The molecular formula is C16H15BrN2. The van der Waals surface area contributed by atoms with Gasteiger partial charge in [-0.15, -0.1) is 17.0 Å². The number of nitrogens with one attached hydrogen (secondary N) is 1. The minimum atomic E-state index is 0. The van der Waals surface area contributed by atoms with Crippen molar-refractivity contribution in [3.8, 4) is 11.4 Å². The number of aromatic nitrogens is 2. The summed E-state index contributed by atoms with van der Waals surface area (Å²) in [5, 5.41) is 0. The van der Waals surface area contributed by atoms with E-state index in [0.717, 1.165) is 23.5 Å². The highest BCUT2D eigenvalue weighted by Gasteiger charge is 2.03. The van der Waals surface area contributed by atoms with Gasteiger partial charge in [-0.05, 0) is 5.56 Å². The zero-order valence-corrected chi connectivity index (χ0v) is 12.1. The third-order valence-corrected chi connectivity index (χ3v) is 2.91. The number of hydrogen-bond acceptors (Lipinski definition) is 1. The van der Waals surface area contributed by atoms with Crippen molar-refractivity contribution in [3.63, 3.8) is 0 Å². The van der Waals surface area contributed by atoms with Gasteiger partial charge in [-0.1, -0.05) is 60.7 Å². The summed E-state index contributed by atoms with van der Waals surface area (Å²) in [5.41, 5.74) is 3.55. The molecule has 3 aromatic rings. The van der Waals surface area contributed by atoms with E-state index in [9.17, 15) is 0 Å². The molecule has 3 rings (SSSR count). The van der Waals surface area contributed by atoms with Gasteiger partial charge in [-0.25, -0.2) is 4.98 Å². The number of nitrogens with zero attached hydrogens (tertiary/aromatic N) is 1. The lowest BCUT2D eigenvalue weighted by molar-refractivity contribution is 1.11. The molecule has 0 unspecified atom stereocenters. The molecule has 0 saturated carbocycles. The fourth-order valence-corrected chi connectivity index (χ4v) is 2.01. The van der Waals surface area contributed by atoms with Gasteiger partial charge in [-0.2, -0.15) is 0 Å². The summed E-state index contributed by atoms with van der Waals surface area (Å²) in [6, 6.07) is 20.6. The summed E-state index contributed by atoms with van der Waals surface area (Å²) in [4.78, 5) is 7.79. The second-order valence-electron chi connectivity index (χ2n) is 4.29. The molecule has 0 atom stereocenters. The van der Waals surface area contributed by atoms with Crippen LogP contribution in [0.1, 0.15) is 11.3 Å². The Morgan fingerprint density at radius 1 is 0.842 bits per heavy atom. The average Bonchev–Trinajstić information content (AvgIpc) is 2.89. The summed E-state index contributed by atoms with van der Waals surface area (Å²) in [5.74, 6) is 0.932. The van der Waals surface area contributed by atoms with Crippen LogP contribution >= 0.6 is 17.0 Å². The predicted molar refractivity (Wildman–Crippen MR) is 83.6 cm³/mol. The van der Waals surface area contributed by atoms with E-state index in [0.29, 0.717) is 0 Å². The van der Waals surface area contributed by atoms with Gasteiger partial charge in [-0.3, -0.25) is 0 Å². The minimum absolute atomic E-state index is 0. The third kappa shape index (κ3) is 3.32. The normalized spacial score (nSPS) is 9.89. The molecule has 0 fully saturated rings. The molecule has 3 heteroatoms. The zero-order chi connectivity index (χ0) is 12.2. The van der Waals surface area contributed by atoms with Crippen LogP contribution in [0.15, 0.2) is 66.9 Å². The minimum Gasteiger partial charge on any atom is -0.342 e. The van der Waals surface area contributed by atoms with Gasteiger partial charge in [0.25, 0.3) is 0 Å². The quantitative estimate of drug-likeness (QED) is 0.769. The molecule has 19 heavy (non-hydrogen) atoms. The van der Waals surface area contributed by atoms with Crippen molar-refractivity contribution in [1.82, 2.24) is 9.97 Å². The second kappa shape index (κ2) is 6.34. The van der Waals surface area contributed by atoms with Crippen LogP contribution in [0.5, 0.6) is 0 Å². The molecule has 1 heterocycles. The molecule has 0 aliphatic heterocycles. The highest BCUT2D eigenvalue weighted by molar-refractivity contribution is 8.93. The molecule has 0 bridgehead atoms. The zero-order valence-electron chi connectivity index (χ0n) is 10.4. The van der Waals surface area contributed by atoms with E-state index in [1.165, 1.54) is 5.56 Å². The Morgan fingerprint density at radius 2 is 1.47 bits per heavy atom. The van der Waals surface area contributed by atoms with Gasteiger partial charge in [0.1, 0.15) is 5.82 Å². The van der Waals surface area contributed by atoms with E-state index in [1.54, 1.807) is 0 Å². The van der Waals surface area contributed by atoms with Crippen LogP contribution in [0.4, 0.5) is 0 Å². The maximum absolute atomic E-state index is 4.43. The van der Waals surface area contributed by atoms with Crippen LogP contribution in [0.3, 0.4) is 0 Å². The molecule has 1 N–H and O–H groups in total. The van der Waals surface area contributed by atoms with Crippen LogP contribution < -0.4 is 0 Å². The maximum atomic E-state index is 4.43. The van der Waals surface area contributed by atoms with Crippen molar-refractivity contribution in [3.05, 3.63) is 78.1 Å². The Bertz CT molecular complexity index is 618. The number of rotatable bonds is 3. The largest absolute Gasteiger partial charge is 0.342 e. The number of benzene rings is 2. The molecule has 96 valence electrons. The predicted octanol–water partition coefficient (Wildman–Crippen LogP) is 4.25. The topological polar surface area (TPSA) is 28.7 Å². The molecule has 0 amide bonds.